The van der Waals surface area contributed by atoms with Crippen LogP contribution in [0.4, 0.5) is 27.8 Å². The van der Waals surface area contributed by atoms with Crippen LogP contribution in [-0.2, 0) is 11.0 Å². The maximum Gasteiger partial charge on any atom is 0.416 e. The summed E-state index contributed by atoms with van der Waals surface area (Å²) >= 11 is 0. The van der Waals surface area contributed by atoms with E-state index in [9.17, 15) is 26.7 Å². The Morgan fingerprint density at radius 1 is 1.19 bits per heavy atom. The van der Waals surface area contributed by atoms with Crippen LogP contribution in [0.2, 0.25) is 0 Å². The summed E-state index contributed by atoms with van der Waals surface area (Å²) in [5, 5.41) is 6.88. The minimum atomic E-state index is -4.59. The predicted octanol–water partition coefficient (Wildman–Crippen LogP) is 4.88. The van der Waals surface area contributed by atoms with Crippen molar-refractivity contribution < 1.29 is 26.7 Å². The van der Waals surface area contributed by atoms with Crippen molar-refractivity contribution in [1.29, 1.82) is 0 Å². The normalized spacial score (nSPS) is 17.1. The van der Waals surface area contributed by atoms with Crippen LogP contribution in [0.15, 0.2) is 30.5 Å². The molecule has 0 spiro atoms. The van der Waals surface area contributed by atoms with Gasteiger partial charge in [0, 0.05) is 25.0 Å². The molecule has 31 heavy (non-hydrogen) atoms. The molecule has 164 valence electrons. The van der Waals surface area contributed by atoms with Crippen LogP contribution in [0, 0.1) is 12.8 Å². The Kier molecular flexibility index (Phi) is 5.14. The first-order chi connectivity index (χ1) is 14.5. The number of imidazole rings is 1. The summed E-state index contributed by atoms with van der Waals surface area (Å²) in [4.78, 5) is 21.0. The van der Waals surface area contributed by atoms with E-state index in [4.69, 9.17) is 0 Å². The minimum Gasteiger partial charge on any atom is -0.309 e. The Bertz CT molecular complexity index is 1130. The first-order valence-electron chi connectivity index (χ1n) is 9.62. The largest absolute Gasteiger partial charge is 0.416 e. The van der Waals surface area contributed by atoms with Crippen molar-refractivity contribution >= 4 is 17.4 Å². The van der Waals surface area contributed by atoms with Crippen molar-refractivity contribution in [3.05, 3.63) is 41.7 Å². The quantitative estimate of drug-likeness (QED) is 0.591. The lowest BCUT2D eigenvalue weighted by atomic mass is 9.86. The number of halogens is 5. The molecule has 1 fully saturated rings. The molecule has 1 N–H and O–H groups in total. The fourth-order valence-corrected chi connectivity index (χ4v) is 3.60. The molecule has 1 aliphatic rings. The highest BCUT2D eigenvalue weighted by atomic mass is 19.4. The molecule has 6 nitrogen and oxygen atoms in total. The molecule has 4 rings (SSSR count). The number of fused-ring (bicyclic) bond motifs is 1. The number of rotatable bonds is 3. The molecule has 0 aliphatic heterocycles. The van der Waals surface area contributed by atoms with Crippen LogP contribution in [0.5, 0.6) is 0 Å². The Morgan fingerprint density at radius 3 is 2.58 bits per heavy atom. The van der Waals surface area contributed by atoms with E-state index in [1.807, 2.05) is 0 Å². The van der Waals surface area contributed by atoms with Crippen molar-refractivity contribution in [2.45, 2.75) is 44.7 Å². The van der Waals surface area contributed by atoms with Gasteiger partial charge in [-0.1, -0.05) is 0 Å². The van der Waals surface area contributed by atoms with E-state index in [-0.39, 0.29) is 42.9 Å². The molecular weight excluding hydrogens is 421 g/mol. The number of nitrogens with one attached hydrogen (secondary N) is 1. The molecule has 0 atom stereocenters. The molecule has 0 radical (unpaired) electrons. The number of carbonyl (C=O) groups is 1. The number of pyridine rings is 1. The second kappa shape index (κ2) is 7.54. The van der Waals surface area contributed by atoms with Crippen molar-refractivity contribution in [3.8, 4) is 11.4 Å². The molecular formula is C20H18F5N5O. The summed E-state index contributed by atoms with van der Waals surface area (Å²) in [7, 11) is 0. The van der Waals surface area contributed by atoms with Gasteiger partial charge in [-0.05, 0) is 44.0 Å². The van der Waals surface area contributed by atoms with Gasteiger partial charge < -0.3 is 5.32 Å². The van der Waals surface area contributed by atoms with Gasteiger partial charge in [0.2, 0.25) is 11.8 Å². The van der Waals surface area contributed by atoms with Crippen molar-refractivity contribution in [2.24, 2.45) is 5.92 Å². The van der Waals surface area contributed by atoms with Gasteiger partial charge in [-0.25, -0.2) is 18.3 Å². The van der Waals surface area contributed by atoms with Gasteiger partial charge in [0.1, 0.15) is 5.69 Å². The Balaban J connectivity index is 1.74. The number of hydrogen-bond donors (Lipinski definition) is 1. The molecule has 0 aromatic carbocycles. The van der Waals surface area contributed by atoms with Gasteiger partial charge in [0.05, 0.1) is 17.0 Å². The highest BCUT2D eigenvalue weighted by Gasteiger charge is 2.38. The standard InChI is InChI=1S/C20H18F5N5O/c1-11-2-3-15-27-17(28-18(31)12-4-7-19(21,22)8-5-12)16(30(15)29-11)14-10-13(6-9-26-14)20(23,24)25/h2-3,6,9-10,12H,4-5,7-8H2,1H3,(H,28,31). The molecule has 3 aromatic heterocycles. The van der Waals surface area contributed by atoms with Crippen molar-refractivity contribution in [1.82, 2.24) is 19.6 Å². The van der Waals surface area contributed by atoms with E-state index in [0.29, 0.717) is 11.3 Å². The van der Waals surface area contributed by atoms with E-state index in [1.165, 1.54) is 4.52 Å². The maximum absolute atomic E-state index is 13.4. The Labute approximate surface area is 173 Å². The third-order valence-electron chi connectivity index (χ3n) is 5.27. The molecule has 11 heteroatoms. The summed E-state index contributed by atoms with van der Waals surface area (Å²) in [5.74, 6) is -3.95. The van der Waals surface area contributed by atoms with Gasteiger partial charge in [0.15, 0.2) is 11.5 Å². The maximum atomic E-state index is 13.4. The van der Waals surface area contributed by atoms with E-state index >= 15 is 0 Å². The van der Waals surface area contributed by atoms with E-state index in [2.05, 4.69) is 20.4 Å². The molecule has 0 saturated heterocycles. The lowest BCUT2D eigenvalue weighted by Crippen LogP contribution is -2.32. The third-order valence-corrected chi connectivity index (χ3v) is 5.27. The number of carbonyl (C=O) groups excluding carboxylic acids is 1. The summed E-state index contributed by atoms with van der Waals surface area (Å²) < 4.78 is 67.7. The van der Waals surface area contributed by atoms with Gasteiger partial charge >= 0.3 is 6.18 Å². The van der Waals surface area contributed by atoms with Crippen LogP contribution < -0.4 is 5.32 Å². The van der Waals surface area contributed by atoms with Crippen molar-refractivity contribution in [2.75, 3.05) is 5.32 Å². The lowest BCUT2D eigenvalue weighted by molar-refractivity contribution is -0.137. The Hall–Kier alpha value is -3.11. The number of amides is 1. The highest BCUT2D eigenvalue weighted by molar-refractivity contribution is 5.95. The smallest absolute Gasteiger partial charge is 0.309 e. The molecule has 3 aromatic rings. The number of aryl methyl sites for hydroxylation is 1. The SMILES string of the molecule is Cc1ccc2nc(NC(=O)C3CCC(F)(F)CC3)c(-c3cc(C(F)(F)F)ccn3)n2n1. The first-order valence-corrected chi connectivity index (χ1v) is 9.62. The fourth-order valence-electron chi connectivity index (χ4n) is 3.60. The number of alkyl halides is 5. The first kappa shape index (κ1) is 21.1. The van der Waals surface area contributed by atoms with Crippen LogP contribution in [0.3, 0.4) is 0 Å². The second-order valence-electron chi connectivity index (χ2n) is 7.60. The van der Waals surface area contributed by atoms with E-state index in [0.717, 1.165) is 18.3 Å². The van der Waals surface area contributed by atoms with E-state index in [1.54, 1.807) is 19.1 Å². The second-order valence-corrected chi connectivity index (χ2v) is 7.60. The van der Waals surface area contributed by atoms with Crippen LogP contribution in [0.25, 0.3) is 17.0 Å². The van der Waals surface area contributed by atoms with Crippen LogP contribution >= 0.6 is 0 Å². The average Bonchev–Trinajstić information content (AvgIpc) is 3.04. The van der Waals surface area contributed by atoms with Gasteiger partial charge in [0.25, 0.3) is 0 Å². The topological polar surface area (TPSA) is 72.2 Å². The minimum absolute atomic E-state index is 0.0146. The lowest BCUT2D eigenvalue weighted by Gasteiger charge is -2.27. The van der Waals surface area contributed by atoms with Crippen LogP contribution in [-0.4, -0.2) is 31.4 Å². The molecule has 1 saturated carbocycles. The zero-order valence-electron chi connectivity index (χ0n) is 16.4. The summed E-state index contributed by atoms with van der Waals surface area (Å²) in [6.45, 7) is 1.70. The molecule has 0 bridgehead atoms. The number of anilines is 1. The zero-order chi connectivity index (χ0) is 22.4. The zero-order valence-corrected chi connectivity index (χ0v) is 16.4. The van der Waals surface area contributed by atoms with E-state index < -0.39 is 29.5 Å². The van der Waals surface area contributed by atoms with Crippen molar-refractivity contribution in [3.63, 3.8) is 0 Å². The number of nitrogens with zero attached hydrogens (tertiary/aromatic N) is 4. The monoisotopic (exact) mass is 439 g/mol. The molecule has 0 unspecified atom stereocenters. The summed E-state index contributed by atoms with van der Waals surface area (Å²) in [6, 6.07) is 4.97. The van der Waals surface area contributed by atoms with Gasteiger partial charge in [-0.3, -0.25) is 9.78 Å². The average molecular weight is 439 g/mol. The summed E-state index contributed by atoms with van der Waals surface area (Å²) in [5.41, 5.74) is -0.0344. The predicted molar refractivity (Wildman–Crippen MR) is 101 cm³/mol. The Morgan fingerprint density at radius 2 is 1.90 bits per heavy atom. The number of aromatic nitrogens is 4. The van der Waals surface area contributed by atoms with Gasteiger partial charge in [-0.2, -0.15) is 18.3 Å². The van der Waals surface area contributed by atoms with Gasteiger partial charge in [-0.15, -0.1) is 0 Å². The number of hydrogen-bond acceptors (Lipinski definition) is 4. The summed E-state index contributed by atoms with van der Waals surface area (Å²) in [6.07, 6.45) is -4.32. The molecule has 1 amide bonds. The van der Waals surface area contributed by atoms with Crippen LogP contribution in [0.1, 0.15) is 36.9 Å². The fraction of sp³-hybridized carbons (Fsp3) is 0.400. The molecule has 1 aliphatic carbocycles. The third kappa shape index (κ3) is 4.35. The molecule has 3 heterocycles. The highest BCUT2D eigenvalue weighted by Crippen LogP contribution is 2.37.